The van der Waals surface area contributed by atoms with Gasteiger partial charge in [-0.3, -0.25) is 0 Å². The van der Waals surface area contributed by atoms with Gasteiger partial charge in [-0.05, 0) is 19.8 Å². The molecule has 20 heavy (non-hydrogen) atoms. The summed E-state index contributed by atoms with van der Waals surface area (Å²) in [5.41, 5.74) is 0.769. The van der Waals surface area contributed by atoms with Gasteiger partial charge in [0, 0.05) is 0 Å². The van der Waals surface area contributed by atoms with Crippen LogP contribution < -0.4 is 10.6 Å². The minimum Gasteiger partial charge on any atom is -0.480 e. The second-order valence-electron chi connectivity index (χ2n) is 4.78. The number of nitrogens with one attached hydrogen (secondary N) is 2. The van der Waals surface area contributed by atoms with Gasteiger partial charge in [-0.25, -0.2) is 14.6 Å². The molecule has 7 nitrogen and oxygen atoms in total. The standard InChI is InChI=1S/C13H21N3O4/c1-5-7(2)11(12(17)18)16-13(19)14-6-10-15-8(3)9(4)20-10/h7,11H,5-6H2,1-4H3,(H,17,18)(H2,14,16,19)/t7?,11-/m0/s1. The molecule has 2 atom stereocenters. The first-order chi connectivity index (χ1) is 9.35. The molecule has 1 aromatic heterocycles. The molecule has 3 N–H and O–H groups in total. The van der Waals surface area contributed by atoms with Gasteiger partial charge in [-0.2, -0.15) is 0 Å². The van der Waals surface area contributed by atoms with Gasteiger partial charge in [0.25, 0.3) is 0 Å². The number of rotatable bonds is 6. The number of hydrogen-bond donors (Lipinski definition) is 3. The van der Waals surface area contributed by atoms with E-state index in [0.717, 1.165) is 5.69 Å². The Balaban J connectivity index is 2.52. The van der Waals surface area contributed by atoms with Gasteiger partial charge in [0.15, 0.2) is 0 Å². The Kier molecular flexibility index (Phi) is 5.54. The van der Waals surface area contributed by atoms with Crippen LogP contribution in [0.5, 0.6) is 0 Å². The molecule has 0 bridgehead atoms. The number of nitrogens with zero attached hydrogens (tertiary/aromatic N) is 1. The zero-order valence-corrected chi connectivity index (χ0v) is 12.2. The lowest BCUT2D eigenvalue weighted by molar-refractivity contribution is -0.140. The summed E-state index contributed by atoms with van der Waals surface area (Å²) in [5.74, 6) is -0.0995. The molecular formula is C13H21N3O4. The summed E-state index contributed by atoms with van der Waals surface area (Å²) in [7, 11) is 0. The maximum absolute atomic E-state index is 11.7. The number of aromatic nitrogens is 1. The van der Waals surface area contributed by atoms with Crippen LogP contribution in [0.4, 0.5) is 4.79 Å². The SMILES string of the molecule is CCC(C)[C@H](NC(=O)NCc1nc(C)c(C)o1)C(=O)O. The molecule has 0 radical (unpaired) electrons. The number of aliphatic carboxylic acids is 1. The number of hydrogen-bond acceptors (Lipinski definition) is 4. The zero-order valence-electron chi connectivity index (χ0n) is 12.2. The second kappa shape index (κ2) is 6.93. The third-order valence-corrected chi connectivity index (χ3v) is 3.24. The Morgan fingerprint density at radius 1 is 1.40 bits per heavy atom. The molecule has 1 rings (SSSR count). The van der Waals surface area contributed by atoms with Crippen LogP contribution >= 0.6 is 0 Å². The average molecular weight is 283 g/mol. The van der Waals surface area contributed by atoms with Crippen molar-refractivity contribution in [2.75, 3.05) is 0 Å². The van der Waals surface area contributed by atoms with E-state index >= 15 is 0 Å². The van der Waals surface area contributed by atoms with Crippen LogP contribution in [0.1, 0.15) is 37.6 Å². The van der Waals surface area contributed by atoms with Gasteiger partial charge < -0.3 is 20.2 Å². The fourth-order valence-electron chi connectivity index (χ4n) is 1.65. The smallest absolute Gasteiger partial charge is 0.326 e. The highest BCUT2D eigenvalue weighted by atomic mass is 16.4. The lowest BCUT2D eigenvalue weighted by atomic mass is 9.99. The van der Waals surface area contributed by atoms with E-state index < -0.39 is 18.0 Å². The van der Waals surface area contributed by atoms with Crippen molar-refractivity contribution in [2.45, 2.75) is 46.7 Å². The van der Waals surface area contributed by atoms with E-state index in [1.807, 2.05) is 13.8 Å². The van der Waals surface area contributed by atoms with Crippen LogP contribution in [0.15, 0.2) is 4.42 Å². The third kappa shape index (κ3) is 4.25. The summed E-state index contributed by atoms with van der Waals surface area (Å²) >= 11 is 0. The largest absolute Gasteiger partial charge is 0.480 e. The van der Waals surface area contributed by atoms with Crippen molar-refractivity contribution in [1.82, 2.24) is 15.6 Å². The molecule has 0 saturated heterocycles. The summed E-state index contributed by atoms with van der Waals surface area (Å²) in [6, 6.07) is -1.46. The topological polar surface area (TPSA) is 104 Å². The molecule has 0 saturated carbocycles. The van der Waals surface area contributed by atoms with E-state index in [4.69, 9.17) is 9.52 Å². The van der Waals surface area contributed by atoms with E-state index in [2.05, 4.69) is 15.6 Å². The van der Waals surface area contributed by atoms with E-state index in [1.54, 1.807) is 13.8 Å². The number of aryl methyl sites for hydroxylation is 2. The van der Waals surface area contributed by atoms with Crippen molar-refractivity contribution in [2.24, 2.45) is 5.92 Å². The predicted molar refractivity (Wildman–Crippen MR) is 72.2 cm³/mol. The highest BCUT2D eigenvalue weighted by molar-refractivity contribution is 5.82. The van der Waals surface area contributed by atoms with E-state index in [0.29, 0.717) is 18.1 Å². The van der Waals surface area contributed by atoms with Crippen molar-refractivity contribution in [3.63, 3.8) is 0 Å². The third-order valence-electron chi connectivity index (χ3n) is 3.24. The van der Waals surface area contributed by atoms with Crippen molar-refractivity contribution in [3.05, 3.63) is 17.3 Å². The maximum atomic E-state index is 11.7. The number of carbonyl (C=O) groups is 2. The molecule has 0 aliphatic heterocycles. The van der Waals surface area contributed by atoms with Gasteiger partial charge >= 0.3 is 12.0 Å². The second-order valence-corrected chi connectivity index (χ2v) is 4.78. The Hall–Kier alpha value is -2.05. The summed E-state index contributed by atoms with van der Waals surface area (Å²) < 4.78 is 5.32. The first-order valence-corrected chi connectivity index (χ1v) is 6.55. The first kappa shape index (κ1) is 16.0. The van der Waals surface area contributed by atoms with Crippen LogP contribution in [-0.4, -0.2) is 28.1 Å². The van der Waals surface area contributed by atoms with Gasteiger partial charge in [-0.1, -0.05) is 20.3 Å². The molecule has 2 amide bonds. The first-order valence-electron chi connectivity index (χ1n) is 6.55. The highest BCUT2D eigenvalue weighted by Crippen LogP contribution is 2.09. The number of amides is 2. The van der Waals surface area contributed by atoms with Crippen LogP contribution in [0.2, 0.25) is 0 Å². The monoisotopic (exact) mass is 283 g/mol. The Morgan fingerprint density at radius 2 is 2.05 bits per heavy atom. The predicted octanol–water partition coefficient (Wildman–Crippen LogP) is 1.59. The highest BCUT2D eigenvalue weighted by Gasteiger charge is 2.25. The fourth-order valence-corrected chi connectivity index (χ4v) is 1.65. The zero-order chi connectivity index (χ0) is 15.3. The molecule has 1 aromatic rings. The van der Waals surface area contributed by atoms with Crippen molar-refractivity contribution in [3.8, 4) is 0 Å². The minimum atomic E-state index is -1.04. The molecule has 0 aliphatic rings. The van der Waals surface area contributed by atoms with Crippen molar-refractivity contribution < 1.29 is 19.1 Å². The molecule has 112 valence electrons. The van der Waals surface area contributed by atoms with Gasteiger partial charge in [-0.15, -0.1) is 0 Å². The van der Waals surface area contributed by atoms with Crippen molar-refractivity contribution in [1.29, 1.82) is 0 Å². The minimum absolute atomic E-state index is 0.118. The molecular weight excluding hydrogens is 262 g/mol. The summed E-state index contributed by atoms with van der Waals surface area (Å²) in [4.78, 5) is 26.9. The number of carboxylic acid groups (broad SMARTS) is 1. The lowest BCUT2D eigenvalue weighted by Crippen LogP contribution is -2.48. The van der Waals surface area contributed by atoms with Gasteiger partial charge in [0.2, 0.25) is 5.89 Å². The molecule has 1 unspecified atom stereocenters. The molecule has 0 aromatic carbocycles. The Bertz CT molecular complexity index is 464. The van der Waals surface area contributed by atoms with Crippen molar-refractivity contribution >= 4 is 12.0 Å². The summed E-state index contributed by atoms with van der Waals surface area (Å²) in [6.07, 6.45) is 0.662. The summed E-state index contributed by atoms with van der Waals surface area (Å²) in [5, 5.41) is 14.0. The molecule has 1 heterocycles. The van der Waals surface area contributed by atoms with Gasteiger partial charge in [0.05, 0.1) is 12.2 Å². The Morgan fingerprint density at radius 3 is 2.50 bits per heavy atom. The van der Waals surface area contributed by atoms with E-state index in [-0.39, 0.29) is 12.5 Å². The van der Waals surface area contributed by atoms with E-state index in [9.17, 15) is 9.59 Å². The Labute approximate surface area is 117 Å². The molecule has 0 fully saturated rings. The molecule has 0 spiro atoms. The van der Waals surface area contributed by atoms with Crippen LogP contribution in [-0.2, 0) is 11.3 Å². The fraction of sp³-hybridized carbons (Fsp3) is 0.615. The average Bonchev–Trinajstić information content (AvgIpc) is 2.71. The summed E-state index contributed by atoms with van der Waals surface area (Å²) in [6.45, 7) is 7.37. The van der Waals surface area contributed by atoms with Crippen LogP contribution in [0.25, 0.3) is 0 Å². The van der Waals surface area contributed by atoms with Gasteiger partial charge in [0.1, 0.15) is 11.8 Å². The molecule has 0 aliphatic carbocycles. The van der Waals surface area contributed by atoms with E-state index in [1.165, 1.54) is 0 Å². The number of urea groups is 1. The molecule has 7 heteroatoms. The number of carboxylic acids is 1. The number of carbonyl (C=O) groups excluding carboxylic acids is 1. The normalized spacial score (nSPS) is 13.6. The number of oxazole rings is 1. The van der Waals surface area contributed by atoms with Crippen LogP contribution in [0, 0.1) is 19.8 Å². The maximum Gasteiger partial charge on any atom is 0.326 e. The quantitative estimate of drug-likeness (QED) is 0.735. The lowest BCUT2D eigenvalue weighted by Gasteiger charge is -2.20. The van der Waals surface area contributed by atoms with Crippen LogP contribution in [0.3, 0.4) is 0 Å².